The van der Waals surface area contributed by atoms with Crippen LogP contribution in [0.15, 0.2) is 51.8 Å². The maximum absolute atomic E-state index is 12.7. The molecule has 2 aromatic carbocycles. The van der Waals surface area contributed by atoms with E-state index in [1.165, 1.54) is 11.8 Å². The zero-order chi connectivity index (χ0) is 20.5. The SMILES string of the molecule is CCOc1cccc2cc(C(C)NC(=O)c3ccc4c(c3)NC(=O)C(C)S4)oc12. The Kier molecular flexibility index (Phi) is 5.24. The summed E-state index contributed by atoms with van der Waals surface area (Å²) in [7, 11) is 0. The summed E-state index contributed by atoms with van der Waals surface area (Å²) in [6, 6.07) is 12.6. The lowest BCUT2D eigenvalue weighted by Crippen LogP contribution is -2.28. The van der Waals surface area contributed by atoms with Crippen LogP contribution in [-0.4, -0.2) is 23.7 Å². The minimum Gasteiger partial charge on any atom is -0.490 e. The van der Waals surface area contributed by atoms with Crippen LogP contribution in [0.1, 0.15) is 42.9 Å². The second-order valence-corrected chi connectivity index (χ2v) is 8.29. The van der Waals surface area contributed by atoms with Crippen LogP contribution in [-0.2, 0) is 4.79 Å². The van der Waals surface area contributed by atoms with Gasteiger partial charge in [0.1, 0.15) is 5.76 Å². The quantitative estimate of drug-likeness (QED) is 0.634. The minimum absolute atomic E-state index is 0.0548. The number of furan rings is 1. The Hall–Kier alpha value is -2.93. The van der Waals surface area contributed by atoms with Crippen molar-refractivity contribution in [3.8, 4) is 5.75 Å². The Morgan fingerprint density at radius 3 is 2.93 bits per heavy atom. The molecule has 2 unspecified atom stereocenters. The number of amides is 2. The predicted octanol–water partition coefficient (Wildman–Crippen LogP) is 4.76. The molecule has 1 aromatic heterocycles. The monoisotopic (exact) mass is 410 g/mol. The van der Waals surface area contributed by atoms with Gasteiger partial charge in [-0.3, -0.25) is 9.59 Å². The summed E-state index contributed by atoms with van der Waals surface area (Å²) >= 11 is 1.49. The molecule has 0 bridgehead atoms. The lowest BCUT2D eigenvalue weighted by molar-refractivity contribution is -0.115. The fourth-order valence-corrected chi connectivity index (χ4v) is 4.17. The first kappa shape index (κ1) is 19.4. The number of nitrogens with one attached hydrogen (secondary N) is 2. The summed E-state index contributed by atoms with van der Waals surface area (Å²) in [5, 5.41) is 6.60. The van der Waals surface area contributed by atoms with Crippen LogP contribution < -0.4 is 15.4 Å². The van der Waals surface area contributed by atoms with Gasteiger partial charge in [0.2, 0.25) is 5.91 Å². The Labute approximate surface area is 173 Å². The molecule has 2 atom stereocenters. The van der Waals surface area contributed by atoms with E-state index in [9.17, 15) is 9.59 Å². The van der Waals surface area contributed by atoms with Gasteiger partial charge in [-0.15, -0.1) is 11.8 Å². The molecule has 1 aliphatic rings. The first-order valence-corrected chi connectivity index (χ1v) is 10.4. The van der Waals surface area contributed by atoms with Gasteiger partial charge in [-0.1, -0.05) is 12.1 Å². The molecule has 150 valence electrons. The van der Waals surface area contributed by atoms with Gasteiger partial charge in [-0.05, 0) is 51.1 Å². The molecular formula is C22H22N2O4S. The van der Waals surface area contributed by atoms with E-state index in [1.807, 2.05) is 51.1 Å². The van der Waals surface area contributed by atoms with Gasteiger partial charge in [0.15, 0.2) is 11.3 Å². The molecule has 0 spiro atoms. The molecule has 0 aliphatic carbocycles. The number of anilines is 1. The van der Waals surface area contributed by atoms with Gasteiger partial charge in [0.25, 0.3) is 5.91 Å². The van der Waals surface area contributed by atoms with Crippen LogP contribution in [0.4, 0.5) is 5.69 Å². The summed E-state index contributed by atoms with van der Waals surface area (Å²) in [6.07, 6.45) is 0. The van der Waals surface area contributed by atoms with E-state index < -0.39 is 0 Å². The van der Waals surface area contributed by atoms with Crippen molar-refractivity contribution in [1.82, 2.24) is 5.32 Å². The molecule has 3 aromatic rings. The maximum atomic E-state index is 12.7. The van der Waals surface area contributed by atoms with E-state index in [-0.39, 0.29) is 23.1 Å². The van der Waals surface area contributed by atoms with Crippen molar-refractivity contribution in [1.29, 1.82) is 0 Å². The van der Waals surface area contributed by atoms with E-state index >= 15 is 0 Å². The van der Waals surface area contributed by atoms with Gasteiger partial charge in [-0.2, -0.15) is 0 Å². The highest BCUT2D eigenvalue weighted by molar-refractivity contribution is 8.00. The summed E-state index contributed by atoms with van der Waals surface area (Å²) in [5.41, 5.74) is 1.83. The lowest BCUT2D eigenvalue weighted by Gasteiger charge is -2.22. The second kappa shape index (κ2) is 7.83. The number of benzene rings is 2. The summed E-state index contributed by atoms with van der Waals surface area (Å²) in [4.78, 5) is 25.6. The molecular weight excluding hydrogens is 388 g/mol. The normalized spacial score (nSPS) is 16.8. The second-order valence-electron chi connectivity index (χ2n) is 6.91. The van der Waals surface area contributed by atoms with Crippen molar-refractivity contribution in [3.63, 3.8) is 0 Å². The average molecular weight is 410 g/mol. The Morgan fingerprint density at radius 1 is 1.31 bits per heavy atom. The molecule has 2 heterocycles. The first-order chi connectivity index (χ1) is 14.0. The van der Waals surface area contributed by atoms with E-state index in [2.05, 4.69) is 10.6 Å². The van der Waals surface area contributed by atoms with Crippen molar-refractivity contribution >= 4 is 40.2 Å². The van der Waals surface area contributed by atoms with Crippen molar-refractivity contribution in [2.75, 3.05) is 11.9 Å². The van der Waals surface area contributed by atoms with E-state index in [0.29, 0.717) is 35.0 Å². The predicted molar refractivity (Wildman–Crippen MR) is 114 cm³/mol. The molecule has 1 aliphatic heterocycles. The van der Waals surface area contributed by atoms with Crippen LogP contribution in [0.25, 0.3) is 11.0 Å². The number of carbonyl (C=O) groups excluding carboxylic acids is 2. The number of para-hydroxylation sites is 1. The number of fused-ring (bicyclic) bond motifs is 2. The van der Waals surface area contributed by atoms with Gasteiger partial charge in [-0.25, -0.2) is 0 Å². The number of hydrogen-bond donors (Lipinski definition) is 2. The topological polar surface area (TPSA) is 80.6 Å². The number of rotatable bonds is 5. The van der Waals surface area contributed by atoms with Gasteiger partial charge >= 0.3 is 0 Å². The summed E-state index contributed by atoms with van der Waals surface area (Å²) in [5.74, 6) is 1.05. The lowest BCUT2D eigenvalue weighted by atomic mass is 10.1. The third-order valence-corrected chi connectivity index (χ3v) is 5.95. The standard InChI is InChI=1S/C22H22N2O4S/c1-4-27-17-7-5-6-14-11-18(28-20(14)17)12(2)23-22(26)15-8-9-19-16(10-15)24-21(25)13(3)29-19/h5-13H,4H2,1-3H3,(H,23,26)(H,24,25). The molecule has 4 rings (SSSR count). The van der Waals surface area contributed by atoms with Crippen molar-refractivity contribution in [2.45, 2.75) is 37.0 Å². The van der Waals surface area contributed by atoms with Crippen molar-refractivity contribution in [2.24, 2.45) is 0 Å². The van der Waals surface area contributed by atoms with E-state index in [1.54, 1.807) is 12.1 Å². The molecule has 7 heteroatoms. The summed E-state index contributed by atoms with van der Waals surface area (Å²) in [6.45, 7) is 6.20. The molecule has 0 radical (unpaired) electrons. The maximum Gasteiger partial charge on any atom is 0.251 e. The Morgan fingerprint density at radius 2 is 2.14 bits per heavy atom. The van der Waals surface area contributed by atoms with Gasteiger partial charge in [0, 0.05) is 15.8 Å². The van der Waals surface area contributed by atoms with Crippen molar-refractivity contribution in [3.05, 3.63) is 53.8 Å². The third-order valence-electron chi connectivity index (χ3n) is 4.77. The zero-order valence-corrected chi connectivity index (χ0v) is 17.3. The number of ether oxygens (including phenoxy) is 1. The van der Waals surface area contributed by atoms with Crippen molar-refractivity contribution < 1.29 is 18.7 Å². The Bertz CT molecular complexity index is 1090. The molecule has 2 amide bonds. The van der Waals surface area contributed by atoms with Gasteiger partial charge < -0.3 is 19.8 Å². The number of hydrogen-bond acceptors (Lipinski definition) is 5. The van der Waals surface area contributed by atoms with Gasteiger partial charge in [0.05, 0.1) is 23.6 Å². The van der Waals surface area contributed by atoms with Crippen LogP contribution >= 0.6 is 11.8 Å². The molecule has 2 N–H and O–H groups in total. The first-order valence-electron chi connectivity index (χ1n) is 9.54. The molecule has 29 heavy (non-hydrogen) atoms. The van der Waals surface area contributed by atoms with E-state index in [0.717, 1.165) is 10.3 Å². The minimum atomic E-state index is -0.329. The largest absolute Gasteiger partial charge is 0.490 e. The molecule has 0 saturated carbocycles. The fraction of sp³-hybridized carbons (Fsp3) is 0.273. The van der Waals surface area contributed by atoms with Crippen LogP contribution in [0.3, 0.4) is 0 Å². The highest BCUT2D eigenvalue weighted by Gasteiger charge is 2.24. The zero-order valence-electron chi connectivity index (χ0n) is 16.4. The summed E-state index contributed by atoms with van der Waals surface area (Å²) < 4.78 is 11.6. The highest BCUT2D eigenvalue weighted by atomic mass is 32.2. The fourth-order valence-electron chi connectivity index (χ4n) is 3.24. The number of thioether (sulfide) groups is 1. The third kappa shape index (κ3) is 3.82. The molecule has 0 saturated heterocycles. The Balaban J connectivity index is 1.53. The van der Waals surface area contributed by atoms with Crippen LogP contribution in [0.2, 0.25) is 0 Å². The molecule has 6 nitrogen and oxygen atoms in total. The van der Waals surface area contributed by atoms with Crippen LogP contribution in [0, 0.1) is 0 Å². The smallest absolute Gasteiger partial charge is 0.251 e. The average Bonchev–Trinajstić information content (AvgIpc) is 3.14. The number of carbonyl (C=O) groups is 2. The highest BCUT2D eigenvalue weighted by Crippen LogP contribution is 2.36. The van der Waals surface area contributed by atoms with E-state index in [4.69, 9.17) is 9.15 Å². The van der Waals surface area contributed by atoms with Crippen LogP contribution in [0.5, 0.6) is 5.75 Å². The molecule has 0 fully saturated rings.